The van der Waals surface area contributed by atoms with Crippen molar-refractivity contribution in [3.05, 3.63) is 76.6 Å². The Morgan fingerprint density at radius 2 is 1.33 bits per heavy atom. The van der Waals surface area contributed by atoms with E-state index in [0.717, 1.165) is 16.9 Å². The van der Waals surface area contributed by atoms with Crippen molar-refractivity contribution < 1.29 is 0 Å². The van der Waals surface area contributed by atoms with Crippen molar-refractivity contribution in [2.45, 2.75) is 0 Å². The number of nitroso groups, excluding NO2 is 1. The van der Waals surface area contributed by atoms with E-state index in [2.05, 4.69) is 4.58 Å². The lowest BCUT2D eigenvalue weighted by atomic mass is 10.3. The third-order valence-corrected chi connectivity index (χ3v) is 2.11. The van der Waals surface area contributed by atoms with Crippen LogP contribution in [0.5, 0.6) is 0 Å². The number of hydrogen-bond acceptors (Lipinski definition) is 3. The Kier molecular flexibility index (Phi) is 5.93. The smallest absolute Gasteiger partial charge is 0.0570 e. The van der Waals surface area contributed by atoms with Crippen LogP contribution in [0.2, 0.25) is 0 Å². The van der Waals surface area contributed by atoms with Crippen molar-refractivity contribution in [1.82, 2.24) is 0 Å². The summed E-state index contributed by atoms with van der Waals surface area (Å²) in [6.45, 7) is 0. The van der Waals surface area contributed by atoms with Crippen LogP contribution in [-0.4, -0.2) is 0 Å². The highest BCUT2D eigenvalue weighted by Crippen LogP contribution is 2.17. The number of hydrogen-bond donors (Lipinski definition) is 0. The maximum Gasteiger partial charge on any atom is 0.0570 e. The molecule has 2 nitrogen and oxygen atoms in total. The van der Waals surface area contributed by atoms with Gasteiger partial charge in [-0.05, 0) is 12.2 Å². The first-order valence-electron chi connectivity index (χ1n) is 4.48. The van der Waals surface area contributed by atoms with Crippen LogP contribution in [0, 0.1) is 4.91 Å². The topological polar surface area (TPSA) is 29.4 Å². The molecule has 0 saturated carbocycles. The molecule has 0 radical (unpaired) electrons. The van der Waals surface area contributed by atoms with Crippen LogP contribution in [0.25, 0.3) is 0 Å². The van der Waals surface area contributed by atoms with Crippen LogP contribution in [-0.2, 0) is 0 Å². The highest BCUT2D eigenvalue weighted by Gasteiger charge is 1.89. The van der Waals surface area contributed by atoms with Gasteiger partial charge < -0.3 is 0 Å². The summed E-state index contributed by atoms with van der Waals surface area (Å²) in [5.41, 5.74) is 0. The second-order valence-corrected chi connectivity index (χ2v) is 3.44. The molecule has 1 aliphatic carbocycles. The number of allylic oxidation sites excluding steroid dienone is 11. The van der Waals surface area contributed by atoms with Gasteiger partial charge in [0, 0.05) is 9.49 Å². The fraction of sp³-hybridized carbons (Fsp3) is 0. The van der Waals surface area contributed by atoms with Crippen molar-refractivity contribution in [2.75, 3.05) is 0 Å². The molecule has 0 aliphatic heterocycles. The lowest BCUT2D eigenvalue weighted by Gasteiger charge is -1.89. The minimum Gasteiger partial charge on any atom is -0.137 e. The molecule has 0 unspecified atom stereocenters. The molecule has 0 amide bonds. The van der Waals surface area contributed by atoms with Crippen LogP contribution in [0.1, 0.15) is 0 Å². The standard InChI is InChI=1S/C12H11NOS/c14-13-15-12-10-8-6-4-2-1-3-5-7-9-11-12/h1-11H/b2-1-,3-1?,4-2?,5-3-,6-4-,7-5?,8-6?,9-7+,10-8+,11-9?,12-10?,12-11+. The van der Waals surface area contributed by atoms with Gasteiger partial charge in [0.1, 0.15) is 0 Å². The zero-order valence-corrected chi connectivity index (χ0v) is 8.93. The predicted octanol–water partition coefficient (Wildman–Crippen LogP) is 4.08. The maximum absolute atomic E-state index is 10.1. The summed E-state index contributed by atoms with van der Waals surface area (Å²) in [6, 6.07) is 0. The molecule has 15 heavy (non-hydrogen) atoms. The molecule has 1 rings (SSSR count). The number of nitrogens with zero attached hydrogens (tertiary/aromatic N) is 1. The Hall–Kier alpha value is -1.61. The lowest BCUT2D eigenvalue weighted by molar-refractivity contribution is 1.76. The van der Waals surface area contributed by atoms with E-state index in [4.69, 9.17) is 0 Å². The summed E-state index contributed by atoms with van der Waals surface area (Å²) < 4.78 is 2.78. The largest absolute Gasteiger partial charge is 0.137 e. The van der Waals surface area contributed by atoms with Crippen molar-refractivity contribution in [1.29, 1.82) is 0 Å². The van der Waals surface area contributed by atoms with Crippen molar-refractivity contribution in [3.8, 4) is 0 Å². The van der Waals surface area contributed by atoms with Crippen LogP contribution >= 0.6 is 11.9 Å². The highest BCUT2D eigenvalue weighted by molar-refractivity contribution is 8.01. The minimum atomic E-state index is 0.809. The van der Waals surface area contributed by atoms with Gasteiger partial charge in [-0.1, -0.05) is 54.7 Å². The number of rotatable bonds is 2. The van der Waals surface area contributed by atoms with Gasteiger partial charge in [-0.3, -0.25) is 0 Å². The fourth-order valence-electron chi connectivity index (χ4n) is 0.909. The molecule has 3 heteroatoms. The van der Waals surface area contributed by atoms with Gasteiger partial charge in [-0.15, -0.1) is 4.91 Å². The summed E-state index contributed by atoms with van der Waals surface area (Å²) in [5, 5.41) is 0. The molecule has 0 bridgehead atoms. The first kappa shape index (κ1) is 11.5. The summed E-state index contributed by atoms with van der Waals surface area (Å²) in [6.07, 6.45) is 20.9. The molecule has 0 aromatic heterocycles. The van der Waals surface area contributed by atoms with Crippen molar-refractivity contribution >= 4 is 11.9 Å². The Morgan fingerprint density at radius 1 is 0.800 bits per heavy atom. The highest BCUT2D eigenvalue weighted by atomic mass is 32.2. The lowest BCUT2D eigenvalue weighted by Crippen LogP contribution is -1.66. The quantitative estimate of drug-likeness (QED) is 0.515. The van der Waals surface area contributed by atoms with E-state index in [1.807, 2.05) is 66.8 Å². The average molecular weight is 217 g/mol. The zero-order valence-electron chi connectivity index (χ0n) is 8.11. The Bertz CT molecular complexity index is 373. The normalized spacial score (nSPS) is 29.7. The molecule has 0 N–H and O–H groups in total. The van der Waals surface area contributed by atoms with E-state index >= 15 is 0 Å². The Balaban J connectivity index is 2.82. The molecule has 76 valence electrons. The molecule has 0 saturated heterocycles. The minimum absolute atomic E-state index is 0.809. The van der Waals surface area contributed by atoms with Crippen LogP contribution < -0.4 is 0 Å². The summed E-state index contributed by atoms with van der Waals surface area (Å²) in [5.74, 6) is 0. The van der Waals surface area contributed by atoms with Gasteiger partial charge in [0.25, 0.3) is 0 Å². The second-order valence-electron chi connectivity index (χ2n) is 2.63. The first-order valence-corrected chi connectivity index (χ1v) is 5.25. The summed E-state index contributed by atoms with van der Waals surface area (Å²) in [7, 11) is 0. The molecular weight excluding hydrogens is 206 g/mol. The van der Waals surface area contributed by atoms with Crippen molar-refractivity contribution in [3.63, 3.8) is 0 Å². The van der Waals surface area contributed by atoms with Gasteiger partial charge in [-0.2, -0.15) is 0 Å². The van der Waals surface area contributed by atoms with Gasteiger partial charge in [0.05, 0.1) is 11.9 Å². The van der Waals surface area contributed by atoms with E-state index in [1.165, 1.54) is 0 Å². The van der Waals surface area contributed by atoms with Crippen LogP contribution in [0.15, 0.2) is 76.3 Å². The van der Waals surface area contributed by atoms with Gasteiger partial charge in [0.15, 0.2) is 0 Å². The molecule has 0 fully saturated rings. The average Bonchev–Trinajstić information content (AvgIpc) is 2.22. The maximum atomic E-state index is 10.1. The van der Waals surface area contributed by atoms with Gasteiger partial charge in [-0.25, -0.2) is 0 Å². The van der Waals surface area contributed by atoms with Crippen LogP contribution in [0.3, 0.4) is 0 Å². The molecule has 1 aliphatic rings. The van der Waals surface area contributed by atoms with E-state index < -0.39 is 0 Å². The van der Waals surface area contributed by atoms with E-state index in [-0.39, 0.29) is 0 Å². The zero-order chi connectivity index (χ0) is 10.8. The fourth-order valence-corrected chi connectivity index (χ4v) is 1.27. The van der Waals surface area contributed by atoms with E-state index in [0.29, 0.717) is 0 Å². The molecule has 0 aromatic rings. The molecule has 0 atom stereocenters. The monoisotopic (exact) mass is 217 g/mol. The molecular formula is C12H11NOS. The van der Waals surface area contributed by atoms with E-state index in [9.17, 15) is 4.91 Å². The molecule has 0 heterocycles. The third-order valence-electron chi connectivity index (χ3n) is 1.55. The van der Waals surface area contributed by atoms with Crippen molar-refractivity contribution in [2.24, 2.45) is 4.58 Å². The first-order chi connectivity index (χ1) is 7.43. The van der Waals surface area contributed by atoms with Gasteiger partial charge in [0.2, 0.25) is 0 Å². The second kappa shape index (κ2) is 7.76. The SMILES string of the molecule is O=NSC1=C/C=C/C=C\C=C/C=C\C=C\1. The van der Waals surface area contributed by atoms with E-state index in [1.54, 1.807) is 0 Å². The molecule has 0 spiro atoms. The van der Waals surface area contributed by atoms with Gasteiger partial charge >= 0.3 is 0 Å². The third kappa shape index (κ3) is 5.65. The predicted molar refractivity (Wildman–Crippen MR) is 67.2 cm³/mol. The molecule has 0 aromatic carbocycles. The Labute approximate surface area is 93.6 Å². The Morgan fingerprint density at radius 3 is 1.93 bits per heavy atom. The van der Waals surface area contributed by atoms with Crippen LogP contribution in [0.4, 0.5) is 0 Å². The summed E-state index contributed by atoms with van der Waals surface area (Å²) in [4.78, 5) is 10.9. The summed E-state index contributed by atoms with van der Waals surface area (Å²) >= 11 is 0.919.